The molecule has 0 rings (SSSR count). The second kappa shape index (κ2) is 13.8. The lowest BCUT2D eigenvalue weighted by Gasteiger charge is -2.25. The predicted molar refractivity (Wildman–Crippen MR) is 112 cm³/mol. The van der Waals surface area contributed by atoms with E-state index in [2.05, 4.69) is 16.0 Å². The maximum absolute atomic E-state index is 12.6. The highest BCUT2D eigenvalue weighted by atomic mass is 32.2. The van der Waals surface area contributed by atoms with E-state index in [1.165, 1.54) is 18.7 Å². The van der Waals surface area contributed by atoms with Gasteiger partial charge >= 0.3 is 11.9 Å². The molecular formula is C18H32N4O7S. The lowest BCUT2D eigenvalue weighted by atomic mass is 10.0. The number of rotatable bonds is 14. The Morgan fingerprint density at radius 1 is 0.867 bits per heavy atom. The highest BCUT2D eigenvalue weighted by molar-refractivity contribution is 7.98. The molecule has 11 nitrogen and oxygen atoms in total. The third-order valence-electron chi connectivity index (χ3n) is 3.99. The molecule has 0 fully saturated rings. The summed E-state index contributed by atoms with van der Waals surface area (Å²) in [5.41, 5.74) is 5.44. The molecule has 7 N–H and O–H groups in total. The van der Waals surface area contributed by atoms with Crippen LogP contribution in [-0.4, -0.2) is 76.0 Å². The number of carboxylic acids is 2. The molecule has 12 heteroatoms. The Balaban J connectivity index is 5.40. The Bertz CT molecular complexity index is 628. The molecular weight excluding hydrogens is 416 g/mol. The van der Waals surface area contributed by atoms with Gasteiger partial charge in [0.15, 0.2) is 0 Å². The summed E-state index contributed by atoms with van der Waals surface area (Å²) in [6.45, 7) is 4.99. The molecule has 0 aliphatic rings. The number of nitrogens with two attached hydrogens (primary N) is 1. The van der Waals surface area contributed by atoms with Crippen molar-refractivity contribution in [3.8, 4) is 0 Å². The number of hydrogen-bond donors (Lipinski definition) is 6. The molecule has 3 amide bonds. The summed E-state index contributed by atoms with van der Waals surface area (Å²) in [4.78, 5) is 59.5. The zero-order valence-electron chi connectivity index (χ0n) is 17.6. The van der Waals surface area contributed by atoms with Gasteiger partial charge in [0, 0.05) is 0 Å². The highest BCUT2D eigenvalue weighted by Crippen LogP contribution is 2.08. The largest absolute Gasteiger partial charge is 0.481 e. The van der Waals surface area contributed by atoms with Crippen molar-refractivity contribution < 1.29 is 34.2 Å². The molecule has 30 heavy (non-hydrogen) atoms. The first kappa shape index (κ1) is 27.7. The third-order valence-corrected chi connectivity index (χ3v) is 4.63. The van der Waals surface area contributed by atoms with E-state index in [-0.39, 0.29) is 18.8 Å². The molecule has 0 spiro atoms. The van der Waals surface area contributed by atoms with Crippen molar-refractivity contribution in [3.63, 3.8) is 0 Å². The zero-order chi connectivity index (χ0) is 23.4. The van der Waals surface area contributed by atoms with Crippen LogP contribution in [0, 0.1) is 5.92 Å². The summed E-state index contributed by atoms with van der Waals surface area (Å²) in [6, 6.07) is -4.62. The second-order valence-corrected chi connectivity index (χ2v) is 8.30. The standard InChI is InChI=1S/C18H32N4O7S/c1-9(2)7-12(16(26)20-11(18(28)29)5-6-30-4)22-17(27)13(8-14(23)24)21-15(25)10(3)19/h9-13H,5-8,19H2,1-4H3,(H,20,26)(H,21,25)(H,22,27)(H,23,24)(H,28,29). The molecule has 0 aromatic rings. The van der Waals surface area contributed by atoms with Crippen LogP contribution in [0.25, 0.3) is 0 Å². The molecule has 4 unspecified atom stereocenters. The van der Waals surface area contributed by atoms with E-state index < -0.39 is 60.2 Å². The highest BCUT2D eigenvalue weighted by Gasteiger charge is 2.31. The van der Waals surface area contributed by atoms with Crippen LogP contribution in [0.2, 0.25) is 0 Å². The van der Waals surface area contributed by atoms with Crippen molar-refractivity contribution >= 4 is 41.4 Å². The zero-order valence-corrected chi connectivity index (χ0v) is 18.5. The molecule has 0 bridgehead atoms. The first-order valence-corrected chi connectivity index (χ1v) is 10.9. The van der Waals surface area contributed by atoms with Gasteiger partial charge in [0.25, 0.3) is 0 Å². The Morgan fingerprint density at radius 2 is 1.37 bits per heavy atom. The van der Waals surface area contributed by atoms with Gasteiger partial charge in [-0.25, -0.2) is 4.79 Å². The Labute approximate surface area is 179 Å². The molecule has 0 radical (unpaired) electrons. The average Bonchev–Trinajstić information content (AvgIpc) is 2.62. The maximum atomic E-state index is 12.6. The van der Waals surface area contributed by atoms with Crippen LogP contribution < -0.4 is 21.7 Å². The molecule has 0 aromatic carbocycles. The van der Waals surface area contributed by atoms with Crippen LogP contribution in [-0.2, 0) is 24.0 Å². The van der Waals surface area contributed by atoms with Crippen molar-refractivity contribution in [1.82, 2.24) is 16.0 Å². The molecule has 0 aliphatic heterocycles. The Morgan fingerprint density at radius 3 is 1.80 bits per heavy atom. The smallest absolute Gasteiger partial charge is 0.326 e. The first-order chi connectivity index (χ1) is 13.9. The second-order valence-electron chi connectivity index (χ2n) is 7.32. The average molecular weight is 449 g/mol. The number of hydrogen-bond acceptors (Lipinski definition) is 7. The SMILES string of the molecule is CSCCC(NC(=O)C(CC(C)C)NC(=O)C(CC(=O)O)NC(=O)C(C)N)C(=O)O. The first-order valence-electron chi connectivity index (χ1n) is 9.49. The van der Waals surface area contributed by atoms with Gasteiger partial charge in [-0.2, -0.15) is 11.8 Å². The number of carboxylic acid groups (broad SMARTS) is 2. The number of nitrogens with one attached hydrogen (secondary N) is 3. The molecule has 0 aromatic heterocycles. The Kier molecular flexibility index (Phi) is 12.7. The summed E-state index contributed by atoms with van der Waals surface area (Å²) in [5, 5.41) is 25.4. The summed E-state index contributed by atoms with van der Waals surface area (Å²) < 4.78 is 0. The van der Waals surface area contributed by atoms with Crippen LogP contribution in [0.3, 0.4) is 0 Å². The quantitative estimate of drug-likeness (QED) is 0.197. The van der Waals surface area contributed by atoms with Crippen LogP contribution >= 0.6 is 11.8 Å². The number of carbonyl (C=O) groups excluding carboxylic acids is 3. The molecule has 0 aliphatic carbocycles. The number of aliphatic carboxylic acids is 2. The van der Waals surface area contributed by atoms with E-state index in [0.717, 1.165) is 0 Å². The van der Waals surface area contributed by atoms with Gasteiger partial charge in [0.2, 0.25) is 17.7 Å². The van der Waals surface area contributed by atoms with E-state index in [0.29, 0.717) is 5.75 Å². The molecule has 0 saturated carbocycles. The van der Waals surface area contributed by atoms with E-state index in [4.69, 9.17) is 10.8 Å². The van der Waals surface area contributed by atoms with Crippen molar-refractivity contribution in [1.29, 1.82) is 0 Å². The van der Waals surface area contributed by atoms with E-state index in [9.17, 15) is 29.1 Å². The van der Waals surface area contributed by atoms with Crippen LogP contribution in [0.5, 0.6) is 0 Å². The number of thioether (sulfide) groups is 1. The molecule has 4 atom stereocenters. The van der Waals surface area contributed by atoms with Gasteiger partial charge in [0.05, 0.1) is 12.5 Å². The Hall–Kier alpha value is -2.34. The van der Waals surface area contributed by atoms with Crippen molar-refractivity contribution in [2.24, 2.45) is 11.7 Å². The summed E-state index contributed by atoms with van der Waals surface area (Å²) in [5.74, 6) is -4.33. The predicted octanol–water partition coefficient (Wildman–Crippen LogP) is -0.853. The number of carbonyl (C=O) groups is 5. The van der Waals surface area contributed by atoms with Gasteiger partial charge in [-0.1, -0.05) is 13.8 Å². The minimum absolute atomic E-state index is 0.0351. The van der Waals surface area contributed by atoms with Crippen molar-refractivity contribution in [2.75, 3.05) is 12.0 Å². The van der Waals surface area contributed by atoms with Gasteiger partial charge in [-0.05, 0) is 37.7 Å². The minimum atomic E-state index is -1.43. The third kappa shape index (κ3) is 11.0. The molecule has 172 valence electrons. The lowest BCUT2D eigenvalue weighted by Crippen LogP contribution is -2.57. The molecule has 0 heterocycles. The van der Waals surface area contributed by atoms with Crippen molar-refractivity contribution in [3.05, 3.63) is 0 Å². The van der Waals surface area contributed by atoms with Crippen LogP contribution in [0.15, 0.2) is 0 Å². The normalized spacial score (nSPS) is 14.9. The van der Waals surface area contributed by atoms with Crippen LogP contribution in [0.1, 0.15) is 40.0 Å². The molecule has 0 saturated heterocycles. The minimum Gasteiger partial charge on any atom is -0.481 e. The van der Waals surface area contributed by atoms with E-state index >= 15 is 0 Å². The fourth-order valence-corrected chi connectivity index (χ4v) is 2.90. The van der Waals surface area contributed by atoms with Crippen LogP contribution in [0.4, 0.5) is 0 Å². The maximum Gasteiger partial charge on any atom is 0.326 e. The monoisotopic (exact) mass is 448 g/mol. The van der Waals surface area contributed by atoms with Gasteiger partial charge in [-0.3, -0.25) is 19.2 Å². The van der Waals surface area contributed by atoms with Crippen molar-refractivity contribution in [2.45, 2.75) is 64.2 Å². The topological polar surface area (TPSA) is 188 Å². The fraction of sp³-hybridized carbons (Fsp3) is 0.722. The van der Waals surface area contributed by atoms with Gasteiger partial charge < -0.3 is 31.9 Å². The van der Waals surface area contributed by atoms with E-state index in [1.807, 2.05) is 6.26 Å². The van der Waals surface area contributed by atoms with E-state index in [1.54, 1.807) is 13.8 Å². The summed E-state index contributed by atoms with van der Waals surface area (Å²) in [6.07, 6.45) is 1.50. The number of amides is 3. The van der Waals surface area contributed by atoms with Gasteiger partial charge in [-0.15, -0.1) is 0 Å². The van der Waals surface area contributed by atoms with Gasteiger partial charge in [0.1, 0.15) is 18.1 Å². The summed E-state index contributed by atoms with van der Waals surface area (Å²) in [7, 11) is 0. The lowest BCUT2D eigenvalue weighted by molar-refractivity contribution is -0.143. The summed E-state index contributed by atoms with van der Waals surface area (Å²) >= 11 is 1.43. The fourth-order valence-electron chi connectivity index (χ4n) is 2.43.